The van der Waals surface area contributed by atoms with Crippen molar-refractivity contribution in [2.75, 3.05) is 12.0 Å². The van der Waals surface area contributed by atoms with Crippen molar-refractivity contribution in [3.63, 3.8) is 0 Å². The number of carbonyl (C=O) groups excluding carboxylic acids is 1. The van der Waals surface area contributed by atoms with Crippen LogP contribution in [0, 0.1) is 0 Å². The third-order valence-corrected chi connectivity index (χ3v) is 3.63. The Hall–Kier alpha value is -1.53. The molecule has 0 aliphatic heterocycles. The molecule has 7 heteroatoms. The average Bonchev–Trinajstić information content (AvgIpc) is 2.34. The number of benzene rings is 1. The van der Waals surface area contributed by atoms with Crippen molar-refractivity contribution in [2.24, 2.45) is 10.2 Å². The van der Waals surface area contributed by atoms with Gasteiger partial charge in [-0.1, -0.05) is 18.2 Å². The molecule has 108 valence electrons. The van der Waals surface area contributed by atoms with Crippen molar-refractivity contribution in [3.8, 4) is 0 Å². The Morgan fingerprint density at radius 3 is 2.40 bits per heavy atom. The van der Waals surface area contributed by atoms with Gasteiger partial charge in [-0.05, 0) is 31.2 Å². The lowest BCUT2D eigenvalue weighted by atomic mass is 10.1. The summed E-state index contributed by atoms with van der Waals surface area (Å²) in [4.78, 5) is 11.9. The van der Waals surface area contributed by atoms with Crippen LogP contribution in [0.25, 0.3) is 0 Å². The van der Waals surface area contributed by atoms with Gasteiger partial charge in [-0.2, -0.15) is 10.2 Å². The molecule has 0 spiro atoms. The van der Waals surface area contributed by atoms with Crippen LogP contribution in [-0.4, -0.2) is 32.3 Å². The molecule has 0 aliphatic rings. The first-order chi connectivity index (χ1) is 9.19. The Balaban J connectivity index is 2.71. The number of nitrogens with zero attached hydrogens (tertiary/aromatic N) is 2. The summed E-state index contributed by atoms with van der Waals surface area (Å²) in [6.45, 7) is 5.13. The SMILES string of the molecule is C=C(N=NC(C)CS(C)(=O)=O)C(=O)c1ccc(Cl)cc1. The van der Waals surface area contributed by atoms with E-state index in [1.807, 2.05) is 0 Å². The Bertz CT molecular complexity index is 636. The van der Waals surface area contributed by atoms with Crippen molar-refractivity contribution in [3.05, 3.63) is 47.1 Å². The standard InChI is InChI=1S/C13H15ClN2O3S/c1-9(8-20(3,18)19)15-16-10(2)13(17)11-4-6-12(14)7-5-11/h4-7,9H,2,8H2,1,3H3. The van der Waals surface area contributed by atoms with E-state index in [0.29, 0.717) is 10.6 Å². The number of sulfone groups is 1. The Morgan fingerprint density at radius 2 is 1.90 bits per heavy atom. The summed E-state index contributed by atoms with van der Waals surface area (Å²) in [6, 6.07) is 5.77. The van der Waals surface area contributed by atoms with Crippen molar-refractivity contribution in [1.29, 1.82) is 0 Å². The Labute approximate surface area is 123 Å². The van der Waals surface area contributed by atoms with Gasteiger partial charge in [-0.15, -0.1) is 0 Å². The highest BCUT2D eigenvalue weighted by atomic mass is 35.5. The predicted octanol–water partition coefficient (Wildman–Crippen LogP) is 2.92. The normalized spacial score (nSPS) is 13.3. The lowest BCUT2D eigenvalue weighted by molar-refractivity contribution is 0.103. The molecule has 0 amide bonds. The highest BCUT2D eigenvalue weighted by Crippen LogP contribution is 2.13. The third-order valence-electron chi connectivity index (χ3n) is 2.29. The van der Waals surface area contributed by atoms with Gasteiger partial charge < -0.3 is 0 Å². The first-order valence-corrected chi connectivity index (χ1v) is 8.20. The molecule has 1 atom stereocenters. The van der Waals surface area contributed by atoms with E-state index in [4.69, 9.17) is 11.6 Å². The van der Waals surface area contributed by atoms with Gasteiger partial charge in [0, 0.05) is 16.8 Å². The molecule has 1 aromatic rings. The van der Waals surface area contributed by atoms with Gasteiger partial charge in [0.05, 0.1) is 11.8 Å². The minimum Gasteiger partial charge on any atom is -0.287 e. The molecule has 0 aliphatic carbocycles. The van der Waals surface area contributed by atoms with Gasteiger partial charge in [0.25, 0.3) is 0 Å². The number of allylic oxidation sites excluding steroid dienone is 1. The second-order valence-corrected chi connectivity index (χ2v) is 7.06. The molecule has 0 fully saturated rings. The molecular formula is C13H15ClN2O3S. The van der Waals surface area contributed by atoms with Crippen LogP contribution < -0.4 is 0 Å². The maximum atomic E-state index is 11.9. The summed E-state index contributed by atoms with van der Waals surface area (Å²) in [5.74, 6) is -0.504. The zero-order chi connectivity index (χ0) is 15.3. The number of hydrogen-bond acceptors (Lipinski definition) is 5. The van der Waals surface area contributed by atoms with E-state index in [0.717, 1.165) is 6.26 Å². The number of rotatable bonds is 6. The van der Waals surface area contributed by atoms with Crippen LogP contribution in [0.3, 0.4) is 0 Å². The molecule has 1 unspecified atom stereocenters. The monoisotopic (exact) mass is 314 g/mol. The summed E-state index contributed by atoms with van der Waals surface area (Å²) in [5, 5.41) is 7.99. The van der Waals surface area contributed by atoms with Crippen LogP contribution in [0.15, 0.2) is 46.8 Å². The fourth-order valence-electron chi connectivity index (χ4n) is 1.45. The van der Waals surface area contributed by atoms with Gasteiger partial charge in [0.1, 0.15) is 15.5 Å². The second-order valence-electron chi connectivity index (χ2n) is 4.44. The Morgan fingerprint density at radius 1 is 1.35 bits per heavy atom. The summed E-state index contributed by atoms with van der Waals surface area (Å²) >= 11 is 5.73. The van der Waals surface area contributed by atoms with Crippen molar-refractivity contribution >= 4 is 27.2 Å². The first-order valence-electron chi connectivity index (χ1n) is 5.77. The highest BCUT2D eigenvalue weighted by molar-refractivity contribution is 7.90. The predicted molar refractivity (Wildman–Crippen MR) is 79.0 cm³/mol. The quantitative estimate of drug-likeness (QED) is 0.460. The highest BCUT2D eigenvalue weighted by Gasteiger charge is 2.12. The van der Waals surface area contributed by atoms with Crippen LogP contribution in [0.2, 0.25) is 5.02 Å². The summed E-state index contributed by atoms with van der Waals surface area (Å²) < 4.78 is 22.1. The fraction of sp³-hybridized carbons (Fsp3) is 0.308. The molecule has 0 aromatic heterocycles. The summed E-state index contributed by atoms with van der Waals surface area (Å²) in [6.07, 6.45) is 1.12. The van der Waals surface area contributed by atoms with Crippen molar-refractivity contribution < 1.29 is 13.2 Å². The third kappa shape index (κ3) is 5.63. The molecule has 0 N–H and O–H groups in total. The number of azo groups is 1. The molecule has 1 aromatic carbocycles. The van der Waals surface area contributed by atoms with Gasteiger partial charge in [0.2, 0.25) is 5.78 Å². The summed E-state index contributed by atoms with van der Waals surface area (Å²) in [7, 11) is -3.13. The van der Waals surface area contributed by atoms with E-state index < -0.39 is 15.9 Å². The van der Waals surface area contributed by atoms with Gasteiger partial charge in [-0.25, -0.2) is 8.42 Å². The molecule has 0 radical (unpaired) electrons. The maximum Gasteiger partial charge on any atom is 0.212 e. The van der Waals surface area contributed by atoms with E-state index in [1.165, 1.54) is 0 Å². The van der Waals surface area contributed by atoms with Gasteiger partial charge in [0.15, 0.2) is 0 Å². The molecule has 0 saturated carbocycles. The molecule has 5 nitrogen and oxygen atoms in total. The molecule has 0 heterocycles. The minimum atomic E-state index is -3.13. The molecule has 0 saturated heterocycles. The van der Waals surface area contributed by atoms with E-state index >= 15 is 0 Å². The number of carbonyl (C=O) groups is 1. The van der Waals surface area contributed by atoms with Crippen LogP contribution >= 0.6 is 11.6 Å². The number of ketones is 1. The smallest absolute Gasteiger partial charge is 0.212 e. The summed E-state index contributed by atoms with van der Waals surface area (Å²) in [5.41, 5.74) is 0.349. The lowest BCUT2D eigenvalue weighted by Crippen LogP contribution is -2.14. The van der Waals surface area contributed by atoms with Crippen LogP contribution in [0.4, 0.5) is 0 Å². The molecule has 1 rings (SSSR count). The molecule has 0 bridgehead atoms. The van der Waals surface area contributed by atoms with E-state index in [9.17, 15) is 13.2 Å². The first kappa shape index (κ1) is 16.5. The zero-order valence-electron chi connectivity index (χ0n) is 11.2. The fourth-order valence-corrected chi connectivity index (χ4v) is 2.52. The van der Waals surface area contributed by atoms with Gasteiger partial charge in [-0.3, -0.25) is 4.79 Å². The Kier molecular flexibility index (Phi) is 5.59. The lowest BCUT2D eigenvalue weighted by Gasteiger charge is -2.03. The van der Waals surface area contributed by atoms with Crippen LogP contribution in [-0.2, 0) is 9.84 Å². The van der Waals surface area contributed by atoms with Crippen molar-refractivity contribution in [2.45, 2.75) is 13.0 Å². The average molecular weight is 315 g/mol. The van der Waals surface area contributed by atoms with E-state index in [-0.39, 0.29) is 17.2 Å². The van der Waals surface area contributed by atoms with Gasteiger partial charge >= 0.3 is 0 Å². The second kappa shape index (κ2) is 6.76. The number of Topliss-reactive ketones (excluding diaryl/α,β-unsaturated/α-hetero) is 1. The number of hydrogen-bond donors (Lipinski definition) is 0. The van der Waals surface area contributed by atoms with E-state index in [1.54, 1.807) is 31.2 Å². The number of halogens is 1. The molecule has 20 heavy (non-hydrogen) atoms. The van der Waals surface area contributed by atoms with Crippen LogP contribution in [0.5, 0.6) is 0 Å². The minimum absolute atomic E-state index is 0.0485. The topological polar surface area (TPSA) is 75.9 Å². The van der Waals surface area contributed by atoms with Crippen LogP contribution in [0.1, 0.15) is 17.3 Å². The maximum absolute atomic E-state index is 11.9. The largest absolute Gasteiger partial charge is 0.287 e. The zero-order valence-corrected chi connectivity index (χ0v) is 12.8. The van der Waals surface area contributed by atoms with Crippen molar-refractivity contribution in [1.82, 2.24) is 0 Å². The molecular weight excluding hydrogens is 300 g/mol. The van der Waals surface area contributed by atoms with E-state index in [2.05, 4.69) is 16.8 Å².